The number of fused-ring (bicyclic) bond motifs is 1. The van der Waals surface area contributed by atoms with Gasteiger partial charge in [0.1, 0.15) is 5.75 Å². The van der Waals surface area contributed by atoms with E-state index in [1.54, 1.807) is 12.4 Å². The lowest BCUT2D eigenvalue weighted by Gasteiger charge is -2.07. The van der Waals surface area contributed by atoms with Gasteiger partial charge in [0.05, 0.1) is 24.6 Å². The van der Waals surface area contributed by atoms with E-state index in [9.17, 15) is 0 Å². The molecule has 0 aliphatic heterocycles. The summed E-state index contributed by atoms with van der Waals surface area (Å²) in [6, 6.07) is 10.1. The maximum absolute atomic E-state index is 5.72. The maximum Gasteiger partial charge on any atom is 0.138 e. The van der Waals surface area contributed by atoms with Crippen molar-refractivity contribution in [1.29, 1.82) is 0 Å². The monoisotopic (exact) mass is 253 g/mol. The number of pyridine rings is 1. The fourth-order valence-electron chi connectivity index (χ4n) is 1.99. The number of aryl methyl sites for hydroxylation is 1. The van der Waals surface area contributed by atoms with Crippen molar-refractivity contribution >= 4 is 10.9 Å². The molecule has 0 amide bonds. The molecule has 96 valence electrons. The van der Waals surface area contributed by atoms with Crippen LogP contribution in [0, 0.1) is 0 Å². The van der Waals surface area contributed by atoms with Crippen molar-refractivity contribution < 1.29 is 4.74 Å². The highest BCUT2D eigenvalue weighted by Crippen LogP contribution is 2.17. The zero-order valence-corrected chi connectivity index (χ0v) is 10.6. The van der Waals surface area contributed by atoms with Gasteiger partial charge < -0.3 is 9.30 Å². The molecule has 0 fully saturated rings. The predicted octanol–water partition coefficient (Wildman–Crippen LogP) is 2.90. The summed E-state index contributed by atoms with van der Waals surface area (Å²) in [4.78, 5) is 8.37. The molecule has 0 saturated heterocycles. The molecule has 2 aromatic heterocycles. The first-order valence-corrected chi connectivity index (χ1v) is 6.35. The second kappa shape index (κ2) is 5.52. The smallest absolute Gasteiger partial charge is 0.138 e. The Balaban J connectivity index is 1.56. The van der Waals surface area contributed by atoms with Gasteiger partial charge in [-0.15, -0.1) is 0 Å². The van der Waals surface area contributed by atoms with Crippen molar-refractivity contribution in [3.8, 4) is 5.75 Å². The average Bonchev–Trinajstić information content (AvgIpc) is 2.97. The number of imidazole rings is 1. The van der Waals surface area contributed by atoms with E-state index >= 15 is 0 Å². The molecule has 0 aliphatic carbocycles. The van der Waals surface area contributed by atoms with Gasteiger partial charge in [0.2, 0.25) is 0 Å². The Hall–Kier alpha value is -2.36. The molecule has 0 N–H and O–H groups in total. The number of para-hydroxylation sites is 1. The summed E-state index contributed by atoms with van der Waals surface area (Å²) >= 11 is 0. The first kappa shape index (κ1) is 11.7. The topological polar surface area (TPSA) is 39.9 Å². The Morgan fingerprint density at radius 1 is 1.21 bits per heavy atom. The molecule has 0 bridgehead atoms. The Morgan fingerprint density at radius 3 is 3.05 bits per heavy atom. The standard InChI is InChI=1S/C15H15N3O/c1-2-5-15-13(4-1)10-14(11-17-15)19-9-3-7-18-8-6-16-12-18/h1-2,4-6,8,10-12H,3,7,9H2. The van der Waals surface area contributed by atoms with Crippen LogP contribution >= 0.6 is 0 Å². The van der Waals surface area contributed by atoms with Gasteiger partial charge in [-0.3, -0.25) is 4.98 Å². The molecule has 4 nitrogen and oxygen atoms in total. The van der Waals surface area contributed by atoms with E-state index in [0.717, 1.165) is 29.6 Å². The fourth-order valence-corrected chi connectivity index (χ4v) is 1.99. The van der Waals surface area contributed by atoms with Crippen molar-refractivity contribution in [3.05, 3.63) is 55.2 Å². The zero-order valence-electron chi connectivity index (χ0n) is 10.6. The molecule has 2 heterocycles. The van der Waals surface area contributed by atoms with Gasteiger partial charge in [-0.1, -0.05) is 18.2 Å². The van der Waals surface area contributed by atoms with Crippen LogP contribution in [0.5, 0.6) is 5.75 Å². The second-order valence-electron chi connectivity index (χ2n) is 4.37. The van der Waals surface area contributed by atoms with Gasteiger partial charge in [0.25, 0.3) is 0 Å². The molecule has 19 heavy (non-hydrogen) atoms. The number of hydrogen-bond acceptors (Lipinski definition) is 3. The van der Waals surface area contributed by atoms with Crippen LogP contribution in [0.3, 0.4) is 0 Å². The Kier molecular flexibility index (Phi) is 3.40. The lowest BCUT2D eigenvalue weighted by molar-refractivity contribution is 0.301. The fraction of sp³-hybridized carbons (Fsp3) is 0.200. The van der Waals surface area contributed by atoms with Gasteiger partial charge in [-0.05, 0) is 18.6 Å². The summed E-state index contributed by atoms with van der Waals surface area (Å²) in [5.74, 6) is 0.823. The lowest BCUT2D eigenvalue weighted by Crippen LogP contribution is -2.03. The first-order valence-electron chi connectivity index (χ1n) is 6.35. The van der Waals surface area contributed by atoms with E-state index in [1.165, 1.54) is 0 Å². The first-order chi connectivity index (χ1) is 9.42. The van der Waals surface area contributed by atoms with Crippen LogP contribution in [-0.4, -0.2) is 21.1 Å². The van der Waals surface area contributed by atoms with E-state index in [4.69, 9.17) is 4.74 Å². The molecular formula is C15H15N3O. The second-order valence-corrected chi connectivity index (χ2v) is 4.37. The van der Waals surface area contributed by atoms with Gasteiger partial charge in [-0.2, -0.15) is 0 Å². The van der Waals surface area contributed by atoms with Crippen LogP contribution in [0.2, 0.25) is 0 Å². The molecule has 0 radical (unpaired) electrons. The Morgan fingerprint density at radius 2 is 2.16 bits per heavy atom. The summed E-state index contributed by atoms with van der Waals surface area (Å²) in [5.41, 5.74) is 0.994. The number of benzene rings is 1. The van der Waals surface area contributed by atoms with Crippen LogP contribution in [0.4, 0.5) is 0 Å². The summed E-state index contributed by atoms with van der Waals surface area (Å²) in [7, 11) is 0. The number of hydrogen-bond donors (Lipinski definition) is 0. The third-order valence-electron chi connectivity index (χ3n) is 2.95. The third-order valence-corrected chi connectivity index (χ3v) is 2.95. The number of rotatable bonds is 5. The van der Waals surface area contributed by atoms with Gasteiger partial charge in [0.15, 0.2) is 0 Å². The van der Waals surface area contributed by atoms with Crippen LogP contribution in [-0.2, 0) is 6.54 Å². The largest absolute Gasteiger partial charge is 0.492 e. The minimum atomic E-state index is 0.679. The molecule has 0 saturated carbocycles. The Bertz CT molecular complexity index is 649. The van der Waals surface area contributed by atoms with E-state index in [1.807, 2.05) is 47.4 Å². The minimum Gasteiger partial charge on any atom is -0.492 e. The zero-order chi connectivity index (χ0) is 12.9. The average molecular weight is 253 g/mol. The maximum atomic E-state index is 5.72. The van der Waals surface area contributed by atoms with Crippen molar-refractivity contribution in [3.63, 3.8) is 0 Å². The highest BCUT2D eigenvalue weighted by Gasteiger charge is 1.98. The van der Waals surface area contributed by atoms with Crippen LogP contribution in [0.15, 0.2) is 55.2 Å². The highest BCUT2D eigenvalue weighted by atomic mass is 16.5. The normalized spacial score (nSPS) is 10.7. The molecule has 0 atom stereocenters. The van der Waals surface area contributed by atoms with E-state index in [2.05, 4.69) is 9.97 Å². The molecule has 3 aromatic rings. The van der Waals surface area contributed by atoms with Gasteiger partial charge in [-0.25, -0.2) is 4.98 Å². The molecular weight excluding hydrogens is 238 g/mol. The van der Waals surface area contributed by atoms with E-state index in [-0.39, 0.29) is 0 Å². The highest BCUT2D eigenvalue weighted by molar-refractivity contribution is 5.79. The molecule has 3 rings (SSSR count). The molecule has 0 spiro atoms. The number of nitrogens with zero attached hydrogens (tertiary/aromatic N) is 3. The third kappa shape index (κ3) is 2.91. The van der Waals surface area contributed by atoms with Crippen LogP contribution < -0.4 is 4.74 Å². The molecule has 4 heteroatoms. The van der Waals surface area contributed by atoms with Crippen LogP contribution in [0.25, 0.3) is 10.9 Å². The van der Waals surface area contributed by atoms with E-state index < -0.39 is 0 Å². The SMILES string of the molecule is c1ccc2ncc(OCCCn3ccnc3)cc2c1. The van der Waals surface area contributed by atoms with E-state index in [0.29, 0.717) is 6.61 Å². The predicted molar refractivity (Wildman–Crippen MR) is 74.1 cm³/mol. The minimum absolute atomic E-state index is 0.679. The summed E-state index contributed by atoms with van der Waals surface area (Å²) < 4.78 is 7.76. The number of ether oxygens (including phenoxy) is 1. The van der Waals surface area contributed by atoms with Crippen molar-refractivity contribution in [2.24, 2.45) is 0 Å². The van der Waals surface area contributed by atoms with Crippen molar-refractivity contribution in [2.75, 3.05) is 6.61 Å². The lowest BCUT2D eigenvalue weighted by atomic mass is 10.2. The molecule has 0 aliphatic rings. The van der Waals surface area contributed by atoms with Crippen molar-refractivity contribution in [2.45, 2.75) is 13.0 Å². The molecule has 1 aromatic carbocycles. The summed E-state index contributed by atoms with van der Waals surface area (Å²) in [6.45, 7) is 1.60. The summed E-state index contributed by atoms with van der Waals surface area (Å²) in [6.07, 6.45) is 8.28. The number of aromatic nitrogens is 3. The van der Waals surface area contributed by atoms with Crippen LogP contribution in [0.1, 0.15) is 6.42 Å². The molecule has 0 unspecified atom stereocenters. The van der Waals surface area contributed by atoms with Gasteiger partial charge in [0, 0.05) is 24.3 Å². The summed E-state index contributed by atoms with van der Waals surface area (Å²) in [5, 5.41) is 1.11. The van der Waals surface area contributed by atoms with Crippen molar-refractivity contribution in [1.82, 2.24) is 14.5 Å². The quantitative estimate of drug-likeness (QED) is 0.656. The Labute approximate surface area is 111 Å². The van der Waals surface area contributed by atoms with Gasteiger partial charge >= 0.3 is 0 Å².